The molecule has 0 N–H and O–H groups in total. The smallest absolute Gasteiger partial charge is 0.313 e. The maximum atomic E-state index is 10.9. The van der Waals surface area contributed by atoms with Crippen LogP contribution in [0.4, 0.5) is 0 Å². The lowest BCUT2D eigenvalue weighted by Gasteiger charge is -2.16. The Kier molecular flexibility index (Phi) is 5.64. The van der Waals surface area contributed by atoms with Crippen molar-refractivity contribution in [2.75, 3.05) is 13.2 Å². The Morgan fingerprint density at radius 2 is 1.71 bits per heavy atom. The number of hydrogen-bond donors (Lipinski definition) is 0. The lowest BCUT2D eigenvalue weighted by atomic mass is 10.3. The van der Waals surface area contributed by atoms with Crippen molar-refractivity contribution in [3.63, 3.8) is 0 Å². The minimum Gasteiger partial charge on any atom is -0.463 e. The summed E-state index contributed by atoms with van der Waals surface area (Å²) in [5.41, 5.74) is 0. The van der Waals surface area contributed by atoms with Crippen molar-refractivity contribution in [1.82, 2.24) is 0 Å². The molecule has 4 nitrogen and oxygen atoms in total. The standard InChI is InChI=1S/C9H18O4Si/c1-8(10)7-9(11)12-5-6-13-14(2,3)4/h5-7H2,1-4H3. The zero-order valence-electron chi connectivity index (χ0n) is 9.25. The van der Waals surface area contributed by atoms with Gasteiger partial charge in [0, 0.05) is 0 Å². The van der Waals surface area contributed by atoms with Crippen molar-refractivity contribution in [2.45, 2.75) is 33.0 Å². The van der Waals surface area contributed by atoms with Crippen LogP contribution in [0.1, 0.15) is 13.3 Å². The first-order chi connectivity index (χ1) is 6.31. The first-order valence-corrected chi connectivity index (χ1v) is 8.01. The highest BCUT2D eigenvalue weighted by atomic mass is 28.4. The molecule has 0 atom stereocenters. The Hall–Kier alpha value is -0.683. The van der Waals surface area contributed by atoms with E-state index in [0.717, 1.165) is 0 Å². The normalized spacial score (nSPS) is 11.1. The summed E-state index contributed by atoms with van der Waals surface area (Å²) < 4.78 is 10.2. The molecule has 0 radical (unpaired) electrons. The van der Waals surface area contributed by atoms with Crippen LogP contribution >= 0.6 is 0 Å². The Bertz CT molecular complexity index is 207. The zero-order chi connectivity index (χ0) is 11.2. The predicted molar refractivity (Wildman–Crippen MR) is 55.6 cm³/mol. The molecule has 0 saturated heterocycles. The molecule has 0 aliphatic carbocycles. The van der Waals surface area contributed by atoms with E-state index in [-0.39, 0.29) is 18.8 Å². The number of Topliss-reactive ketones (excluding diaryl/α,β-unsaturated/α-hetero) is 1. The summed E-state index contributed by atoms with van der Waals surface area (Å²) in [7, 11) is -1.52. The van der Waals surface area contributed by atoms with Crippen molar-refractivity contribution in [1.29, 1.82) is 0 Å². The second kappa shape index (κ2) is 5.92. The molecule has 0 saturated carbocycles. The van der Waals surface area contributed by atoms with Crippen LogP contribution in [0.2, 0.25) is 19.6 Å². The molecular formula is C9H18O4Si. The van der Waals surface area contributed by atoms with Crippen molar-refractivity contribution >= 4 is 20.1 Å². The number of carbonyl (C=O) groups excluding carboxylic acids is 2. The Labute approximate surface area is 85.7 Å². The van der Waals surface area contributed by atoms with Crippen LogP contribution in [-0.2, 0) is 18.8 Å². The third kappa shape index (κ3) is 9.41. The molecule has 0 aliphatic rings. The molecule has 0 heterocycles. The minimum absolute atomic E-state index is 0.146. The monoisotopic (exact) mass is 218 g/mol. The third-order valence-corrected chi connectivity index (χ3v) is 2.34. The summed E-state index contributed by atoms with van der Waals surface area (Å²) in [5, 5.41) is 0. The third-order valence-electron chi connectivity index (χ3n) is 1.27. The van der Waals surface area contributed by atoms with E-state index in [9.17, 15) is 9.59 Å². The first-order valence-electron chi connectivity index (χ1n) is 4.60. The maximum Gasteiger partial charge on any atom is 0.313 e. The van der Waals surface area contributed by atoms with Gasteiger partial charge in [-0.05, 0) is 26.6 Å². The summed E-state index contributed by atoms with van der Waals surface area (Å²) in [6.07, 6.45) is -0.146. The predicted octanol–water partition coefficient (Wildman–Crippen LogP) is 1.36. The lowest BCUT2D eigenvalue weighted by Crippen LogP contribution is -2.27. The fourth-order valence-corrected chi connectivity index (χ4v) is 1.45. The van der Waals surface area contributed by atoms with Gasteiger partial charge in [-0.1, -0.05) is 0 Å². The summed E-state index contributed by atoms with van der Waals surface area (Å²) in [4.78, 5) is 21.4. The van der Waals surface area contributed by atoms with Gasteiger partial charge in [0.05, 0.1) is 6.61 Å². The van der Waals surface area contributed by atoms with Gasteiger partial charge in [0.25, 0.3) is 0 Å². The zero-order valence-corrected chi connectivity index (χ0v) is 10.3. The van der Waals surface area contributed by atoms with E-state index >= 15 is 0 Å². The molecule has 0 fully saturated rings. The molecule has 0 spiro atoms. The maximum absolute atomic E-state index is 10.9. The van der Waals surface area contributed by atoms with Gasteiger partial charge >= 0.3 is 5.97 Å². The summed E-state index contributed by atoms with van der Waals surface area (Å²) in [6, 6.07) is 0. The highest BCUT2D eigenvalue weighted by Gasteiger charge is 2.14. The van der Waals surface area contributed by atoms with E-state index in [2.05, 4.69) is 19.6 Å². The van der Waals surface area contributed by atoms with Crippen molar-refractivity contribution in [3.8, 4) is 0 Å². The van der Waals surface area contributed by atoms with Gasteiger partial charge in [-0.3, -0.25) is 9.59 Å². The largest absolute Gasteiger partial charge is 0.463 e. The van der Waals surface area contributed by atoms with Crippen LogP contribution in [-0.4, -0.2) is 33.3 Å². The quantitative estimate of drug-likeness (QED) is 0.292. The van der Waals surface area contributed by atoms with Gasteiger partial charge in [-0.25, -0.2) is 0 Å². The Balaban J connectivity index is 3.46. The molecule has 0 aromatic carbocycles. The van der Waals surface area contributed by atoms with Gasteiger partial charge in [-0.15, -0.1) is 0 Å². The van der Waals surface area contributed by atoms with Crippen LogP contribution in [0.15, 0.2) is 0 Å². The summed E-state index contributed by atoms with van der Waals surface area (Å²) in [6.45, 7) is 8.19. The molecule has 82 valence electrons. The van der Waals surface area contributed by atoms with E-state index in [1.807, 2.05) is 0 Å². The van der Waals surface area contributed by atoms with E-state index in [0.29, 0.717) is 6.61 Å². The summed E-state index contributed by atoms with van der Waals surface area (Å²) in [5.74, 6) is -0.655. The van der Waals surface area contributed by atoms with E-state index in [1.54, 1.807) is 0 Å². The number of rotatable bonds is 6. The molecule has 14 heavy (non-hydrogen) atoms. The second-order valence-corrected chi connectivity index (χ2v) is 8.57. The van der Waals surface area contributed by atoms with Crippen LogP contribution in [0.5, 0.6) is 0 Å². The molecule has 0 rings (SSSR count). The van der Waals surface area contributed by atoms with Crippen LogP contribution in [0.25, 0.3) is 0 Å². The molecule has 0 bridgehead atoms. The van der Waals surface area contributed by atoms with Crippen molar-refractivity contribution in [3.05, 3.63) is 0 Å². The fourth-order valence-electron chi connectivity index (χ4n) is 0.758. The SMILES string of the molecule is CC(=O)CC(=O)OCCO[Si](C)(C)C. The molecular weight excluding hydrogens is 200 g/mol. The van der Waals surface area contributed by atoms with E-state index < -0.39 is 14.3 Å². The second-order valence-electron chi connectivity index (χ2n) is 4.06. The molecule has 0 amide bonds. The Morgan fingerprint density at radius 3 is 2.14 bits per heavy atom. The van der Waals surface area contributed by atoms with Crippen LogP contribution in [0, 0.1) is 0 Å². The molecule has 5 heteroatoms. The average Bonchev–Trinajstić information content (AvgIpc) is 1.95. The molecule has 0 aromatic heterocycles. The van der Waals surface area contributed by atoms with E-state index in [1.165, 1.54) is 6.92 Å². The van der Waals surface area contributed by atoms with Crippen molar-refractivity contribution in [2.24, 2.45) is 0 Å². The van der Waals surface area contributed by atoms with E-state index in [4.69, 9.17) is 9.16 Å². The molecule has 0 aromatic rings. The molecule has 0 aliphatic heterocycles. The number of carbonyl (C=O) groups is 2. The number of hydrogen-bond acceptors (Lipinski definition) is 4. The van der Waals surface area contributed by atoms with Gasteiger partial charge < -0.3 is 9.16 Å². The Morgan fingerprint density at radius 1 is 1.14 bits per heavy atom. The average molecular weight is 218 g/mol. The number of ether oxygens (including phenoxy) is 1. The first kappa shape index (κ1) is 13.3. The van der Waals surface area contributed by atoms with Crippen molar-refractivity contribution < 1.29 is 18.8 Å². The van der Waals surface area contributed by atoms with Gasteiger partial charge in [0.15, 0.2) is 8.32 Å². The lowest BCUT2D eigenvalue weighted by molar-refractivity contribution is -0.146. The fraction of sp³-hybridized carbons (Fsp3) is 0.778. The highest BCUT2D eigenvalue weighted by Crippen LogP contribution is 2.01. The van der Waals surface area contributed by atoms with Crippen LogP contribution in [0.3, 0.4) is 0 Å². The van der Waals surface area contributed by atoms with Crippen LogP contribution < -0.4 is 0 Å². The van der Waals surface area contributed by atoms with Gasteiger partial charge in [0.1, 0.15) is 18.8 Å². The topological polar surface area (TPSA) is 52.6 Å². The molecule has 0 unspecified atom stereocenters. The summed E-state index contributed by atoms with van der Waals surface area (Å²) >= 11 is 0. The minimum atomic E-state index is -1.52. The number of esters is 1. The highest BCUT2D eigenvalue weighted by molar-refractivity contribution is 6.69. The van der Waals surface area contributed by atoms with Gasteiger partial charge in [0.2, 0.25) is 0 Å². The number of ketones is 1. The van der Waals surface area contributed by atoms with Gasteiger partial charge in [-0.2, -0.15) is 0 Å².